The van der Waals surface area contributed by atoms with E-state index in [0.717, 1.165) is 35.2 Å². The van der Waals surface area contributed by atoms with Gasteiger partial charge in [-0.05, 0) is 30.2 Å². The fourth-order valence-electron chi connectivity index (χ4n) is 3.80. The molecule has 2 amide bonds. The van der Waals surface area contributed by atoms with Gasteiger partial charge in [0.1, 0.15) is 0 Å². The van der Waals surface area contributed by atoms with Crippen molar-refractivity contribution in [1.29, 1.82) is 0 Å². The molecular weight excluding hydrogens is 352 g/mol. The van der Waals surface area contributed by atoms with Gasteiger partial charge < -0.3 is 10.1 Å². The Morgan fingerprint density at radius 3 is 2.43 bits per heavy atom. The highest BCUT2D eigenvalue weighted by Crippen LogP contribution is 2.34. The number of anilines is 1. The normalized spacial score (nSPS) is 17.9. The van der Waals surface area contributed by atoms with Crippen molar-refractivity contribution in [3.8, 4) is 0 Å². The zero-order valence-electron chi connectivity index (χ0n) is 15.4. The molecule has 28 heavy (non-hydrogen) atoms. The van der Waals surface area contributed by atoms with Crippen LogP contribution >= 0.6 is 0 Å². The standard InChI is InChI=1S/C23H20N2O3/c26-22-18-8-4-7-17-20(24-13-16-14-28-16)10-9-19(21(17)18)23(27)25(22)12-11-15-5-2-1-3-6-15/h1-10,16,24H,11-14H2. The molecule has 0 aromatic heterocycles. The molecule has 0 radical (unpaired) electrons. The molecule has 3 aromatic carbocycles. The Kier molecular flexibility index (Phi) is 4.10. The van der Waals surface area contributed by atoms with E-state index in [-0.39, 0.29) is 17.9 Å². The van der Waals surface area contributed by atoms with E-state index in [9.17, 15) is 9.59 Å². The summed E-state index contributed by atoms with van der Waals surface area (Å²) in [5, 5.41) is 5.03. The monoisotopic (exact) mass is 372 g/mol. The number of carbonyl (C=O) groups is 2. The van der Waals surface area contributed by atoms with Crippen LogP contribution in [0.25, 0.3) is 10.8 Å². The van der Waals surface area contributed by atoms with E-state index in [1.807, 2.05) is 60.7 Å². The summed E-state index contributed by atoms with van der Waals surface area (Å²) in [5.41, 5.74) is 3.21. The summed E-state index contributed by atoms with van der Waals surface area (Å²) in [4.78, 5) is 27.5. The number of hydrogen-bond acceptors (Lipinski definition) is 4. The second-order valence-electron chi connectivity index (χ2n) is 7.22. The predicted molar refractivity (Wildman–Crippen MR) is 108 cm³/mol. The van der Waals surface area contributed by atoms with Gasteiger partial charge in [0.2, 0.25) is 0 Å². The first kappa shape index (κ1) is 17.0. The van der Waals surface area contributed by atoms with Gasteiger partial charge in [0, 0.05) is 40.7 Å². The van der Waals surface area contributed by atoms with Crippen molar-refractivity contribution in [2.75, 3.05) is 25.0 Å². The number of amides is 2. The number of nitrogens with zero attached hydrogens (tertiary/aromatic N) is 1. The Bertz CT molecular complexity index is 1050. The van der Waals surface area contributed by atoms with Crippen molar-refractivity contribution in [1.82, 2.24) is 4.90 Å². The lowest BCUT2D eigenvalue weighted by Crippen LogP contribution is -2.41. The van der Waals surface area contributed by atoms with Crippen LogP contribution in [0.2, 0.25) is 0 Å². The molecule has 5 heteroatoms. The summed E-state index contributed by atoms with van der Waals surface area (Å²) in [6.07, 6.45) is 0.896. The summed E-state index contributed by atoms with van der Waals surface area (Å²) in [7, 11) is 0. The van der Waals surface area contributed by atoms with Gasteiger partial charge in [0.05, 0.1) is 12.7 Å². The molecule has 1 N–H and O–H groups in total. The van der Waals surface area contributed by atoms with Gasteiger partial charge in [0.15, 0.2) is 0 Å². The first-order chi connectivity index (χ1) is 13.7. The molecular formula is C23H20N2O3. The Morgan fingerprint density at radius 1 is 0.929 bits per heavy atom. The van der Waals surface area contributed by atoms with Crippen molar-refractivity contribution in [3.05, 3.63) is 77.4 Å². The lowest BCUT2D eigenvalue weighted by Gasteiger charge is -2.28. The van der Waals surface area contributed by atoms with Gasteiger partial charge in [-0.15, -0.1) is 0 Å². The molecule has 2 aliphatic rings. The molecule has 3 aromatic rings. The summed E-state index contributed by atoms with van der Waals surface area (Å²) < 4.78 is 5.26. The number of carbonyl (C=O) groups excluding carboxylic acids is 2. The molecule has 1 unspecified atom stereocenters. The Hall–Kier alpha value is -3.18. The van der Waals surface area contributed by atoms with Gasteiger partial charge in [0.25, 0.3) is 11.8 Å². The van der Waals surface area contributed by atoms with Crippen LogP contribution in [0.3, 0.4) is 0 Å². The number of rotatable bonds is 6. The van der Waals surface area contributed by atoms with Crippen molar-refractivity contribution in [3.63, 3.8) is 0 Å². The maximum absolute atomic E-state index is 13.1. The largest absolute Gasteiger partial charge is 0.382 e. The van der Waals surface area contributed by atoms with E-state index in [1.54, 1.807) is 0 Å². The molecule has 0 bridgehead atoms. The topological polar surface area (TPSA) is 61.9 Å². The van der Waals surface area contributed by atoms with E-state index in [4.69, 9.17) is 4.74 Å². The van der Waals surface area contributed by atoms with Crippen molar-refractivity contribution in [2.24, 2.45) is 0 Å². The molecule has 2 aliphatic heterocycles. The zero-order chi connectivity index (χ0) is 19.1. The van der Waals surface area contributed by atoms with Crippen LogP contribution in [0.15, 0.2) is 60.7 Å². The minimum Gasteiger partial charge on any atom is -0.382 e. The molecule has 140 valence electrons. The smallest absolute Gasteiger partial charge is 0.261 e. The molecule has 0 spiro atoms. The maximum atomic E-state index is 13.1. The highest BCUT2D eigenvalue weighted by Gasteiger charge is 2.33. The average Bonchev–Trinajstić information content (AvgIpc) is 3.56. The second kappa shape index (κ2) is 6.77. The molecule has 5 nitrogen and oxygen atoms in total. The SMILES string of the molecule is O=C1c2cccc3c(NCC4CO4)ccc(c23)C(=O)N1CCc1ccccc1. The van der Waals surface area contributed by atoms with Crippen LogP contribution in [0.5, 0.6) is 0 Å². The molecule has 1 atom stereocenters. The number of ether oxygens (including phenoxy) is 1. The van der Waals surface area contributed by atoms with Crippen molar-refractivity contribution < 1.29 is 14.3 Å². The average molecular weight is 372 g/mol. The molecule has 0 saturated carbocycles. The third-order valence-electron chi connectivity index (χ3n) is 5.38. The van der Waals surface area contributed by atoms with Gasteiger partial charge >= 0.3 is 0 Å². The minimum atomic E-state index is -0.221. The van der Waals surface area contributed by atoms with E-state index in [1.165, 1.54) is 4.90 Å². The van der Waals surface area contributed by atoms with E-state index in [0.29, 0.717) is 24.1 Å². The van der Waals surface area contributed by atoms with E-state index >= 15 is 0 Å². The lowest BCUT2D eigenvalue weighted by molar-refractivity contribution is 0.0612. The number of benzene rings is 3. The first-order valence-electron chi connectivity index (χ1n) is 9.54. The van der Waals surface area contributed by atoms with Crippen molar-refractivity contribution in [2.45, 2.75) is 12.5 Å². The summed E-state index contributed by atoms with van der Waals surface area (Å²) >= 11 is 0. The van der Waals surface area contributed by atoms with Gasteiger partial charge in [-0.1, -0.05) is 42.5 Å². The zero-order valence-corrected chi connectivity index (χ0v) is 15.4. The fraction of sp³-hybridized carbons (Fsp3) is 0.217. The third-order valence-corrected chi connectivity index (χ3v) is 5.38. The summed E-state index contributed by atoms with van der Waals surface area (Å²) in [6.45, 7) is 1.88. The third kappa shape index (κ3) is 2.94. The second-order valence-corrected chi connectivity index (χ2v) is 7.22. The summed E-state index contributed by atoms with van der Waals surface area (Å²) in [6, 6.07) is 19.3. The Balaban J connectivity index is 1.48. The predicted octanol–water partition coefficient (Wildman–Crippen LogP) is 3.49. The van der Waals surface area contributed by atoms with Gasteiger partial charge in [-0.25, -0.2) is 0 Å². The molecule has 1 fully saturated rings. The maximum Gasteiger partial charge on any atom is 0.261 e. The number of hydrogen-bond donors (Lipinski definition) is 1. The van der Waals surface area contributed by atoms with Crippen LogP contribution in [0, 0.1) is 0 Å². The number of epoxide rings is 1. The van der Waals surface area contributed by atoms with Crippen LogP contribution < -0.4 is 5.32 Å². The van der Waals surface area contributed by atoms with E-state index < -0.39 is 0 Å². The van der Waals surface area contributed by atoms with Crippen LogP contribution in [0.4, 0.5) is 5.69 Å². The summed E-state index contributed by atoms with van der Waals surface area (Å²) in [5.74, 6) is -0.441. The first-order valence-corrected chi connectivity index (χ1v) is 9.54. The molecule has 2 heterocycles. The Morgan fingerprint density at radius 2 is 1.68 bits per heavy atom. The van der Waals surface area contributed by atoms with Crippen LogP contribution in [-0.4, -0.2) is 42.5 Å². The minimum absolute atomic E-state index is 0.221. The highest BCUT2D eigenvalue weighted by molar-refractivity contribution is 6.26. The van der Waals surface area contributed by atoms with Crippen LogP contribution in [-0.2, 0) is 11.2 Å². The number of imide groups is 1. The molecule has 5 rings (SSSR count). The lowest BCUT2D eigenvalue weighted by atomic mass is 9.92. The Labute approximate surface area is 162 Å². The number of nitrogens with one attached hydrogen (secondary N) is 1. The van der Waals surface area contributed by atoms with Gasteiger partial charge in [-0.2, -0.15) is 0 Å². The molecule has 1 saturated heterocycles. The van der Waals surface area contributed by atoms with Gasteiger partial charge in [-0.3, -0.25) is 14.5 Å². The van der Waals surface area contributed by atoms with Crippen LogP contribution in [0.1, 0.15) is 26.3 Å². The molecule has 0 aliphatic carbocycles. The highest BCUT2D eigenvalue weighted by atomic mass is 16.6. The van der Waals surface area contributed by atoms with Crippen molar-refractivity contribution >= 4 is 28.3 Å². The van der Waals surface area contributed by atoms with E-state index in [2.05, 4.69) is 5.32 Å². The fourth-order valence-corrected chi connectivity index (χ4v) is 3.80. The quantitative estimate of drug-likeness (QED) is 0.531.